The standard InChI is InChI=1S/C16H23N3OS/c1-4-6-7-10-19-12(3)8-9-13(15(19)20)14-11-21-16(18-14)17-5-2/h8-9,11H,4-7,10H2,1-3H3,(H,17,18). The Morgan fingerprint density at radius 3 is 2.81 bits per heavy atom. The molecule has 0 saturated carbocycles. The molecule has 5 heteroatoms. The first-order valence-electron chi connectivity index (χ1n) is 7.57. The van der Waals surface area contributed by atoms with Crippen LogP contribution < -0.4 is 10.9 Å². The first kappa shape index (κ1) is 15.8. The van der Waals surface area contributed by atoms with Gasteiger partial charge in [-0.1, -0.05) is 19.8 Å². The van der Waals surface area contributed by atoms with Crippen molar-refractivity contribution >= 4 is 16.5 Å². The second-order valence-corrected chi connectivity index (χ2v) is 5.98. The Bertz CT molecular complexity index is 645. The Morgan fingerprint density at radius 1 is 1.29 bits per heavy atom. The molecule has 0 fully saturated rings. The maximum atomic E-state index is 12.7. The van der Waals surface area contributed by atoms with E-state index >= 15 is 0 Å². The average Bonchev–Trinajstić information content (AvgIpc) is 2.91. The topological polar surface area (TPSA) is 46.9 Å². The van der Waals surface area contributed by atoms with Crippen LogP contribution in [0.1, 0.15) is 38.8 Å². The van der Waals surface area contributed by atoms with Crippen LogP contribution in [0.25, 0.3) is 11.3 Å². The van der Waals surface area contributed by atoms with Crippen molar-refractivity contribution < 1.29 is 0 Å². The zero-order valence-electron chi connectivity index (χ0n) is 13.0. The minimum Gasteiger partial charge on any atom is -0.362 e. The van der Waals surface area contributed by atoms with Gasteiger partial charge in [0, 0.05) is 24.2 Å². The molecule has 21 heavy (non-hydrogen) atoms. The molecule has 4 nitrogen and oxygen atoms in total. The first-order valence-corrected chi connectivity index (χ1v) is 8.45. The summed E-state index contributed by atoms with van der Waals surface area (Å²) in [6.07, 6.45) is 3.35. The number of hydrogen-bond acceptors (Lipinski definition) is 4. The highest BCUT2D eigenvalue weighted by molar-refractivity contribution is 7.14. The van der Waals surface area contributed by atoms with Crippen LogP contribution in [0, 0.1) is 6.92 Å². The van der Waals surface area contributed by atoms with E-state index in [4.69, 9.17) is 0 Å². The van der Waals surface area contributed by atoms with E-state index in [0.717, 1.165) is 48.9 Å². The van der Waals surface area contributed by atoms with E-state index in [2.05, 4.69) is 17.2 Å². The summed E-state index contributed by atoms with van der Waals surface area (Å²) in [6, 6.07) is 3.90. The highest BCUT2D eigenvalue weighted by Crippen LogP contribution is 2.22. The molecule has 0 aromatic carbocycles. The fourth-order valence-corrected chi connectivity index (χ4v) is 3.08. The van der Waals surface area contributed by atoms with E-state index in [1.54, 1.807) is 0 Å². The summed E-state index contributed by atoms with van der Waals surface area (Å²) in [4.78, 5) is 17.2. The van der Waals surface area contributed by atoms with Crippen molar-refractivity contribution in [1.82, 2.24) is 9.55 Å². The SMILES string of the molecule is CCCCCn1c(C)ccc(-c2csc(NCC)n2)c1=O. The Kier molecular flexibility index (Phi) is 5.56. The number of aryl methyl sites for hydroxylation is 1. The summed E-state index contributed by atoms with van der Waals surface area (Å²) < 4.78 is 1.87. The largest absolute Gasteiger partial charge is 0.362 e. The Hall–Kier alpha value is -1.62. The lowest BCUT2D eigenvalue weighted by atomic mass is 10.2. The lowest BCUT2D eigenvalue weighted by Crippen LogP contribution is -2.23. The molecule has 0 aliphatic carbocycles. The minimum atomic E-state index is 0.0689. The molecule has 0 aliphatic rings. The van der Waals surface area contributed by atoms with Crippen LogP contribution in [0.2, 0.25) is 0 Å². The maximum absolute atomic E-state index is 12.7. The molecular formula is C16H23N3OS. The van der Waals surface area contributed by atoms with Gasteiger partial charge in [0.2, 0.25) is 0 Å². The number of unbranched alkanes of at least 4 members (excludes halogenated alkanes) is 2. The Morgan fingerprint density at radius 2 is 2.10 bits per heavy atom. The van der Waals surface area contributed by atoms with Gasteiger partial charge in [-0.2, -0.15) is 0 Å². The molecule has 0 atom stereocenters. The third-order valence-electron chi connectivity index (χ3n) is 3.49. The predicted octanol–water partition coefficient (Wildman–Crippen LogP) is 3.90. The van der Waals surface area contributed by atoms with Crippen LogP contribution >= 0.6 is 11.3 Å². The van der Waals surface area contributed by atoms with Gasteiger partial charge in [0.1, 0.15) is 0 Å². The maximum Gasteiger partial charge on any atom is 0.260 e. The number of anilines is 1. The smallest absolute Gasteiger partial charge is 0.260 e. The molecule has 0 aliphatic heterocycles. The van der Waals surface area contributed by atoms with Crippen LogP contribution in [-0.4, -0.2) is 16.1 Å². The van der Waals surface area contributed by atoms with Crippen LogP contribution in [-0.2, 0) is 6.54 Å². The highest BCUT2D eigenvalue weighted by atomic mass is 32.1. The number of nitrogens with zero attached hydrogens (tertiary/aromatic N) is 2. The molecule has 2 rings (SSSR count). The molecule has 0 saturated heterocycles. The van der Waals surface area contributed by atoms with Gasteiger partial charge >= 0.3 is 0 Å². The summed E-state index contributed by atoms with van der Waals surface area (Å²) >= 11 is 1.54. The molecule has 2 heterocycles. The van der Waals surface area contributed by atoms with Gasteiger partial charge in [0.25, 0.3) is 5.56 Å². The summed E-state index contributed by atoms with van der Waals surface area (Å²) in [5.41, 5.74) is 2.55. The van der Waals surface area contributed by atoms with Gasteiger partial charge in [-0.15, -0.1) is 11.3 Å². The second kappa shape index (κ2) is 7.41. The van der Waals surface area contributed by atoms with E-state index < -0.39 is 0 Å². The molecule has 114 valence electrons. The molecule has 0 unspecified atom stereocenters. The van der Waals surface area contributed by atoms with Crippen molar-refractivity contribution in [1.29, 1.82) is 0 Å². The van der Waals surface area contributed by atoms with Gasteiger partial charge in [0.05, 0.1) is 11.3 Å². The zero-order chi connectivity index (χ0) is 15.2. The summed E-state index contributed by atoms with van der Waals surface area (Å²) in [5, 5.41) is 5.99. The van der Waals surface area contributed by atoms with Crippen molar-refractivity contribution in [2.75, 3.05) is 11.9 Å². The first-order chi connectivity index (χ1) is 10.2. The van der Waals surface area contributed by atoms with Crippen LogP contribution in [0.5, 0.6) is 0 Å². The number of pyridine rings is 1. The van der Waals surface area contributed by atoms with Crippen LogP contribution in [0.3, 0.4) is 0 Å². The van der Waals surface area contributed by atoms with Crippen molar-refractivity contribution in [3.63, 3.8) is 0 Å². The van der Waals surface area contributed by atoms with Gasteiger partial charge < -0.3 is 9.88 Å². The quantitative estimate of drug-likeness (QED) is 0.789. The summed E-state index contributed by atoms with van der Waals surface area (Å²) in [7, 11) is 0. The highest BCUT2D eigenvalue weighted by Gasteiger charge is 2.11. The van der Waals surface area contributed by atoms with Gasteiger partial charge in [-0.05, 0) is 32.4 Å². The van der Waals surface area contributed by atoms with Gasteiger partial charge in [-0.25, -0.2) is 4.98 Å². The van der Waals surface area contributed by atoms with Gasteiger partial charge in [0.15, 0.2) is 5.13 Å². The lowest BCUT2D eigenvalue weighted by Gasteiger charge is -2.11. The van der Waals surface area contributed by atoms with Gasteiger partial charge in [-0.3, -0.25) is 4.79 Å². The molecule has 2 aromatic rings. The van der Waals surface area contributed by atoms with E-state index in [1.807, 2.05) is 35.9 Å². The third-order valence-corrected chi connectivity index (χ3v) is 4.29. The fraction of sp³-hybridized carbons (Fsp3) is 0.500. The Labute approximate surface area is 129 Å². The second-order valence-electron chi connectivity index (χ2n) is 5.12. The lowest BCUT2D eigenvalue weighted by molar-refractivity contribution is 0.577. The number of aromatic nitrogens is 2. The third kappa shape index (κ3) is 3.73. The molecule has 1 N–H and O–H groups in total. The molecular weight excluding hydrogens is 282 g/mol. The van der Waals surface area contributed by atoms with Crippen LogP contribution in [0.15, 0.2) is 22.3 Å². The Balaban J connectivity index is 2.31. The number of rotatable bonds is 7. The van der Waals surface area contributed by atoms with E-state index in [1.165, 1.54) is 11.3 Å². The minimum absolute atomic E-state index is 0.0689. The fourth-order valence-electron chi connectivity index (χ4n) is 2.29. The molecule has 0 amide bonds. The molecule has 0 bridgehead atoms. The predicted molar refractivity (Wildman–Crippen MR) is 90.2 cm³/mol. The number of hydrogen-bond donors (Lipinski definition) is 1. The van der Waals surface area contributed by atoms with Crippen LogP contribution in [0.4, 0.5) is 5.13 Å². The van der Waals surface area contributed by atoms with Crippen molar-refractivity contribution in [3.8, 4) is 11.3 Å². The monoisotopic (exact) mass is 305 g/mol. The number of thiazole rings is 1. The van der Waals surface area contributed by atoms with E-state index in [9.17, 15) is 4.79 Å². The van der Waals surface area contributed by atoms with Crippen molar-refractivity contribution in [3.05, 3.63) is 33.6 Å². The zero-order valence-corrected chi connectivity index (χ0v) is 13.8. The van der Waals surface area contributed by atoms with E-state index in [0.29, 0.717) is 5.56 Å². The molecule has 2 aromatic heterocycles. The molecule has 0 spiro atoms. The summed E-state index contributed by atoms with van der Waals surface area (Å²) in [5.74, 6) is 0. The van der Waals surface area contributed by atoms with E-state index in [-0.39, 0.29) is 5.56 Å². The average molecular weight is 305 g/mol. The molecule has 0 radical (unpaired) electrons. The normalized spacial score (nSPS) is 10.8. The van der Waals surface area contributed by atoms with Crippen molar-refractivity contribution in [2.45, 2.75) is 46.6 Å². The summed E-state index contributed by atoms with van der Waals surface area (Å²) in [6.45, 7) is 7.82. The van der Waals surface area contributed by atoms with Crippen molar-refractivity contribution in [2.24, 2.45) is 0 Å². The number of nitrogens with one attached hydrogen (secondary N) is 1.